The van der Waals surface area contributed by atoms with Crippen molar-refractivity contribution in [3.05, 3.63) is 107 Å². The van der Waals surface area contributed by atoms with Crippen molar-refractivity contribution in [3.63, 3.8) is 0 Å². The molecule has 15 nitrogen and oxygen atoms in total. The Bertz CT molecular complexity index is 2480. The van der Waals surface area contributed by atoms with Crippen LogP contribution in [-0.2, 0) is 25.7 Å². The number of phenols is 1. The molecule has 66 heavy (non-hydrogen) atoms. The predicted octanol–water partition coefficient (Wildman–Crippen LogP) is 6.39. The number of anilines is 1. The molecule has 0 spiro atoms. The number of aromatic nitrogens is 3. The van der Waals surface area contributed by atoms with Crippen LogP contribution in [0.2, 0.25) is 0 Å². The van der Waals surface area contributed by atoms with Crippen molar-refractivity contribution in [2.45, 2.75) is 109 Å². The maximum absolute atomic E-state index is 14.1. The first-order chi connectivity index (χ1) is 31.6. The minimum absolute atomic E-state index is 0.0120. The summed E-state index contributed by atoms with van der Waals surface area (Å²) in [4.78, 5) is 63.4. The lowest BCUT2D eigenvalue weighted by atomic mass is 9.85. The maximum atomic E-state index is 14.1. The van der Waals surface area contributed by atoms with E-state index in [1.165, 1.54) is 4.90 Å². The van der Waals surface area contributed by atoms with Gasteiger partial charge in [0.05, 0.1) is 28.7 Å². The molecular formula is C50H60N8O7S. The van der Waals surface area contributed by atoms with E-state index in [0.29, 0.717) is 55.8 Å². The lowest BCUT2D eigenvalue weighted by Gasteiger charge is -2.38. The number of aromatic hydroxyl groups is 1. The van der Waals surface area contributed by atoms with Crippen molar-refractivity contribution in [3.8, 4) is 33.2 Å². The van der Waals surface area contributed by atoms with Crippen molar-refractivity contribution in [2.75, 3.05) is 25.4 Å². The maximum Gasteiger partial charge on any atom is 0.246 e. The van der Waals surface area contributed by atoms with Crippen LogP contribution in [-0.4, -0.2) is 103 Å². The zero-order chi connectivity index (χ0) is 47.0. The number of nitrogens with two attached hydrogens (primary N) is 1. The summed E-state index contributed by atoms with van der Waals surface area (Å²) >= 11 is 1.57. The third kappa shape index (κ3) is 11.9. The number of unbranched alkanes of at least 4 members (excludes halogenated alkanes) is 2. The molecule has 5 atom stereocenters. The van der Waals surface area contributed by atoms with Gasteiger partial charge in [0.25, 0.3) is 0 Å². The van der Waals surface area contributed by atoms with Gasteiger partial charge in [0, 0.05) is 56.4 Å². The molecule has 2 aromatic heterocycles. The summed E-state index contributed by atoms with van der Waals surface area (Å²) in [7, 11) is 0. The smallest absolute Gasteiger partial charge is 0.246 e. The van der Waals surface area contributed by atoms with Gasteiger partial charge >= 0.3 is 0 Å². The number of nitrogen functional groups attached to an aromatic ring is 1. The molecule has 348 valence electrons. The van der Waals surface area contributed by atoms with Crippen LogP contribution in [0.15, 0.2) is 90.4 Å². The highest BCUT2D eigenvalue weighted by molar-refractivity contribution is 7.13. The number of aliphatic hydroxyl groups excluding tert-OH is 1. The molecule has 2 saturated heterocycles. The number of aryl methyl sites for hydroxylation is 1. The highest BCUT2D eigenvalue weighted by atomic mass is 32.1. The molecule has 0 unspecified atom stereocenters. The van der Waals surface area contributed by atoms with Crippen LogP contribution < -0.4 is 21.1 Å². The monoisotopic (exact) mass is 916 g/mol. The number of phenolic OH excluding ortho intramolecular Hbond substituents is 1. The molecule has 4 amide bonds. The Hall–Kier alpha value is -6.39. The van der Waals surface area contributed by atoms with Crippen molar-refractivity contribution in [2.24, 2.45) is 5.41 Å². The topological polar surface area (TPSA) is 213 Å². The molecule has 6 N–H and O–H groups in total. The van der Waals surface area contributed by atoms with Gasteiger partial charge in [-0.15, -0.1) is 21.5 Å². The highest BCUT2D eigenvalue weighted by Crippen LogP contribution is 2.35. The molecule has 5 aromatic rings. The Balaban J connectivity index is 0.901. The van der Waals surface area contributed by atoms with Gasteiger partial charge in [-0.2, -0.15) is 0 Å². The van der Waals surface area contributed by atoms with Crippen LogP contribution >= 0.6 is 11.3 Å². The second-order valence-corrected chi connectivity index (χ2v) is 19.2. The van der Waals surface area contributed by atoms with Gasteiger partial charge in [0.2, 0.25) is 23.6 Å². The fourth-order valence-corrected chi connectivity index (χ4v) is 9.51. The lowest BCUT2D eigenvalue weighted by molar-refractivity contribution is -0.144. The van der Waals surface area contributed by atoms with E-state index in [1.807, 2.05) is 80.6 Å². The quantitative estimate of drug-likeness (QED) is 0.0685. The van der Waals surface area contributed by atoms with Gasteiger partial charge in [0.15, 0.2) is 11.6 Å². The molecule has 2 aliphatic rings. The number of β-amino-alcohol motifs (C(OH)–C–C–N with tert-alkyl or cyclic N) is 1. The average Bonchev–Trinajstić information content (AvgIpc) is 3.93. The molecule has 2 fully saturated rings. The fourth-order valence-electron chi connectivity index (χ4n) is 8.70. The van der Waals surface area contributed by atoms with E-state index in [-0.39, 0.29) is 67.6 Å². The second-order valence-electron chi connectivity index (χ2n) is 18.4. The molecule has 0 bridgehead atoms. The first-order valence-electron chi connectivity index (χ1n) is 22.6. The molecular weight excluding hydrogens is 857 g/mol. The van der Waals surface area contributed by atoms with Gasteiger partial charge in [-0.05, 0) is 60.4 Å². The number of likely N-dealkylation sites (tertiary alicyclic amines) is 2. The number of hydrogen-bond donors (Lipinski definition) is 5. The summed E-state index contributed by atoms with van der Waals surface area (Å²) in [5.74, 6) is -0.608. The third-order valence-electron chi connectivity index (χ3n) is 12.3. The number of ether oxygens (including phenoxy) is 1. The summed E-state index contributed by atoms with van der Waals surface area (Å²) < 4.78 is 6.45. The SMILES string of the molecule is Cc1ncsc1-c1ccc(CNC(=O)[C@@H]2C[C@@H](O)CN2C(=O)[C@@H](NC(=O)CCCCCC(=O)N2C[C@@H](Oc3cc(-c4ccccc4O)nnc3N)C[C@H](c3ccccc3)C2)C(C)(C)C)cc1. The standard InChI is InChI=1S/C50H60N8O7S/c1-31-45(66-30-53-31)34-21-19-32(20-22-34)26-52-48(63)40-24-36(59)28-58(40)49(64)46(50(2,3)4)54-43(61)17-9-6-10-18-44(62)57-27-35(33-13-7-5-8-14-33)23-37(29-57)65-42-25-39(55-56-47(42)51)38-15-11-12-16-41(38)60/h5,7-8,11-16,19-22,25,30,35-37,40,46,59-60H,6,9-10,17-18,23-24,26-29H2,1-4H3,(H2,51,56)(H,52,63)(H,54,61)/t35-,36+,37-,40-,46+/m0/s1. The number of nitrogens with one attached hydrogen (secondary N) is 2. The van der Waals surface area contributed by atoms with E-state index in [1.54, 1.807) is 41.7 Å². The van der Waals surface area contributed by atoms with Gasteiger partial charge in [0.1, 0.15) is 29.6 Å². The minimum Gasteiger partial charge on any atom is -0.507 e. The van der Waals surface area contributed by atoms with E-state index in [0.717, 1.165) is 27.3 Å². The minimum atomic E-state index is -0.933. The zero-order valence-electron chi connectivity index (χ0n) is 38.0. The van der Waals surface area contributed by atoms with E-state index in [9.17, 15) is 29.4 Å². The summed E-state index contributed by atoms with van der Waals surface area (Å²) in [5, 5.41) is 35.2. The van der Waals surface area contributed by atoms with Crippen LogP contribution in [0, 0.1) is 12.3 Å². The second kappa shape index (κ2) is 21.3. The molecule has 3 aromatic carbocycles. The number of piperidine rings is 1. The molecule has 0 aliphatic carbocycles. The third-order valence-corrected chi connectivity index (χ3v) is 13.3. The van der Waals surface area contributed by atoms with Gasteiger partial charge < -0.3 is 41.1 Å². The van der Waals surface area contributed by atoms with E-state index < -0.39 is 35.6 Å². The largest absolute Gasteiger partial charge is 0.507 e. The predicted molar refractivity (Wildman–Crippen MR) is 253 cm³/mol. The Labute approximate surface area is 389 Å². The Morgan fingerprint density at radius 1 is 0.909 bits per heavy atom. The average molecular weight is 917 g/mol. The van der Waals surface area contributed by atoms with Gasteiger partial charge in [-0.25, -0.2) is 4.98 Å². The number of amides is 4. The van der Waals surface area contributed by atoms with Crippen molar-refractivity contribution in [1.82, 2.24) is 35.6 Å². The number of para-hydroxylation sites is 1. The number of carbonyl (C=O) groups is 4. The Morgan fingerprint density at radius 3 is 2.35 bits per heavy atom. The van der Waals surface area contributed by atoms with E-state index >= 15 is 0 Å². The van der Waals surface area contributed by atoms with Crippen LogP contribution in [0.1, 0.15) is 88.5 Å². The van der Waals surface area contributed by atoms with Gasteiger partial charge in [-0.3, -0.25) is 19.2 Å². The Kier molecular flexibility index (Phi) is 15.3. The number of rotatable bonds is 16. The summed E-state index contributed by atoms with van der Waals surface area (Å²) in [6.07, 6.45) is 1.60. The van der Waals surface area contributed by atoms with Crippen LogP contribution in [0.4, 0.5) is 5.82 Å². The molecule has 0 radical (unpaired) electrons. The fraction of sp³-hybridized carbons (Fsp3) is 0.420. The van der Waals surface area contributed by atoms with Crippen molar-refractivity contribution < 1.29 is 34.1 Å². The van der Waals surface area contributed by atoms with Gasteiger partial charge in [-0.1, -0.05) is 93.9 Å². The van der Waals surface area contributed by atoms with Crippen LogP contribution in [0.5, 0.6) is 11.5 Å². The number of thiazole rings is 1. The van der Waals surface area contributed by atoms with Crippen LogP contribution in [0.3, 0.4) is 0 Å². The Morgan fingerprint density at radius 2 is 1.64 bits per heavy atom. The molecule has 7 rings (SSSR count). The van der Waals surface area contributed by atoms with E-state index in [4.69, 9.17) is 10.5 Å². The zero-order valence-corrected chi connectivity index (χ0v) is 38.8. The number of nitrogens with zero attached hydrogens (tertiary/aromatic N) is 5. The molecule has 16 heteroatoms. The number of carbonyl (C=O) groups excluding carboxylic acids is 4. The highest BCUT2D eigenvalue weighted by Gasteiger charge is 2.44. The molecule has 4 heterocycles. The number of benzene rings is 3. The normalized spacial score (nSPS) is 19.0. The summed E-state index contributed by atoms with van der Waals surface area (Å²) in [6.45, 7) is 8.65. The summed E-state index contributed by atoms with van der Waals surface area (Å²) in [5.41, 5.74) is 12.2. The number of aliphatic hydroxyl groups is 1. The number of hydrogen-bond acceptors (Lipinski definition) is 12. The molecule has 2 aliphatic heterocycles. The molecule has 0 saturated carbocycles. The van der Waals surface area contributed by atoms with Crippen molar-refractivity contribution >= 4 is 40.8 Å². The van der Waals surface area contributed by atoms with Crippen LogP contribution in [0.25, 0.3) is 21.7 Å². The first kappa shape index (κ1) is 47.6. The summed E-state index contributed by atoms with van der Waals surface area (Å²) in [6, 6.07) is 24.5. The lowest BCUT2D eigenvalue weighted by Crippen LogP contribution is -2.57. The van der Waals surface area contributed by atoms with Crippen molar-refractivity contribution in [1.29, 1.82) is 0 Å². The van der Waals surface area contributed by atoms with E-state index in [2.05, 4.69) is 37.9 Å². The first-order valence-corrected chi connectivity index (χ1v) is 23.5.